The highest BCUT2D eigenvalue weighted by Crippen LogP contribution is 2.31. The largest absolute Gasteiger partial charge is 0.484 e. The Kier molecular flexibility index (Phi) is 4.17. The number of hydrogen-bond donors (Lipinski definition) is 1. The Morgan fingerprint density at radius 3 is 2.67 bits per heavy atom. The molecule has 1 atom stereocenters. The van der Waals surface area contributed by atoms with Crippen LogP contribution >= 0.6 is 0 Å². The highest BCUT2D eigenvalue weighted by Gasteiger charge is 2.23. The van der Waals surface area contributed by atoms with E-state index in [1.807, 2.05) is 0 Å². The Labute approximate surface area is 122 Å². The number of anilines is 1. The van der Waals surface area contributed by atoms with E-state index in [1.54, 1.807) is 19.9 Å². The zero-order valence-corrected chi connectivity index (χ0v) is 12.5. The number of hydrogen-bond acceptors (Lipinski definition) is 6. The Morgan fingerprint density at radius 1 is 1.43 bits per heavy atom. The van der Waals surface area contributed by atoms with Gasteiger partial charge in [0.1, 0.15) is 0 Å². The number of sulfone groups is 1. The predicted molar refractivity (Wildman–Crippen MR) is 79.2 cm³/mol. The smallest absolute Gasteiger partial charge is 0.311 e. The van der Waals surface area contributed by atoms with Crippen LogP contribution in [-0.4, -0.2) is 31.2 Å². The topological polar surface area (TPSA) is 98.5 Å². The minimum absolute atomic E-state index is 0.0235. The maximum atomic E-state index is 11.3. The number of ether oxygens (including phenoxy) is 1. The summed E-state index contributed by atoms with van der Waals surface area (Å²) in [6.07, 6.45) is 1.35. The molecule has 1 unspecified atom stereocenters. The van der Waals surface area contributed by atoms with Gasteiger partial charge >= 0.3 is 5.69 Å². The molecule has 0 aliphatic carbocycles. The molecule has 1 aliphatic rings. The van der Waals surface area contributed by atoms with Gasteiger partial charge in [0.2, 0.25) is 0 Å². The molecule has 1 aromatic rings. The SMILES string of the molecule is CC(C)Oc1cc(NC2C=CS(=O)(=O)C2)ccc1[N+](=O)[O-]. The normalized spacial score (nSPS) is 19.7. The molecule has 0 fully saturated rings. The van der Waals surface area contributed by atoms with Gasteiger partial charge in [-0.1, -0.05) is 6.08 Å². The molecule has 114 valence electrons. The van der Waals surface area contributed by atoms with E-state index in [0.29, 0.717) is 5.69 Å². The molecular formula is C13H16N2O5S. The number of nitrogens with zero attached hydrogens (tertiary/aromatic N) is 1. The third kappa shape index (κ3) is 3.94. The van der Waals surface area contributed by atoms with Crippen LogP contribution in [0.15, 0.2) is 29.7 Å². The lowest BCUT2D eigenvalue weighted by molar-refractivity contribution is -0.386. The number of nitro benzene ring substituents is 1. The summed E-state index contributed by atoms with van der Waals surface area (Å²) in [7, 11) is -3.15. The monoisotopic (exact) mass is 312 g/mol. The Hall–Kier alpha value is -2.09. The quantitative estimate of drug-likeness (QED) is 0.660. The van der Waals surface area contributed by atoms with Crippen molar-refractivity contribution in [3.05, 3.63) is 39.8 Å². The van der Waals surface area contributed by atoms with Crippen molar-refractivity contribution in [1.82, 2.24) is 0 Å². The van der Waals surface area contributed by atoms with Gasteiger partial charge in [-0.25, -0.2) is 8.42 Å². The zero-order valence-electron chi connectivity index (χ0n) is 11.6. The van der Waals surface area contributed by atoms with Crippen molar-refractivity contribution >= 4 is 21.2 Å². The fraction of sp³-hybridized carbons (Fsp3) is 0.385. The summed E-state index contributed by atoms with van der Waals surface area (Å²) >= 11 is 0. The second-order valence-electron chi connectivity index (χ2n) is 5.02. The molecule has 0 saturated heterocycles. The van der Waals surface area contributed by atoms with Crippen molar-refractivity contribution < 1.29 is 18.1 Å². The number of rotatable bonds is 5. The Morgan fingerprint density at radius 2 is 2.14 bits per heavy atom. The molecule has 0 aromatic heterocycles. The van der Waals surface area contributed by atoms with Crippen LogP contribution in [0.1, 0.15) is 13.8 Å². The molecule has 21 heavy (non-hydrogen) atoms. The van der Waals surface area contributed by atoms with Gasteiger partial charge in [0.05, 0.1) is 22.8 Å². The van der Waals surface area contributed by atoms with Crippen molar-refractivity contribution in [2.45, 2.75) is 26.0 Å². The molecule has 8 heteroatoms. The van der Waals surface area contributed by atoms with E-state index in [-0.39, 0.29) is 29.3 Å². The van der Waals surface area contributed by atoms with E-state index < -0.39 is 14.8 Å². The minimum Gasteiger partial charge on any atom is -0.484 e. The molecule has 2 rings (SSSR count). The summed E-state index contributed by atoms with van der Waals surface area (Å²) in [6, 6.07) is 4.04. The third-order valence-corrected chi connectivity index (χ3v) is 4.20. The van der Waals surface area contributed by atoms with E-state index in [9.17, 15) is 18.5 Å². The van der Waals surface area contributed by atoms with Crippen LogP contribution in [0.2, 0.25) is 0 Å². The van der Waals surface area contributed by atoms with E-state index >= 15 is 0 Å². The summed E-state index contributed by atoms with van der Waals surface area (Å²) in [5.74, 6) is 0.134. The summed E-state index contributed by atoms with van der Waals surface area (Å²) < 4.78 is 28.1. The molecule has 0 radical (unpaired) electrons. The number of nitrogens with one attached hydrogen (secondary N) is 1. The lowest BCUT2D eigenvalue weighted by Crippen LogP contribution is -2.21. The van der Waals surface area contributed by atoms with Crippen LogP contribution in [0.3, 0.4) is 0 Å². The third-order valence-electron chi connectivity index (χ3n) is 2.80. The molecule has 1 aliphatic heterocycles. The maximum absolute atomic E-state index is 11.3. The fourth-order valence-electron chi connectivity index (χ4n) is 1.98. The van der Waals surface area contributed by atoms with E-state index in [1.165, 1.54) is 23.6 Å². The van der Waals surface area contributed by atoms with Crippen LogP contribution in [0.5, 0.6) is 5.75 Å². The molecular weight excluding hydrogens is 296 g/mol. The highest BCUT2D eigenvalue weighted by molar-refractivity contribution is 7.94. The van der Waals surface area contributed by atoms with Gasteiger partial charge in [0.25, 0.3) is 0 Å². The van der Waals surface area contributed by atoms with Gasteiger partial charge in [-0.15, -0.1) is 0 Å². The van der Waals surface area contributed by atoms with Crippen LogP contribution in [-0.2, 0) is 9.84 Å². The molecule has 0 saturated carbocycles. The first kappa shape index (κ1) is 15.3. The van der Waals surface area contributed by atoms with Crippen molar-refractivity contribution in [2.24, 2.45) is 0 Å². The summed E-state index contributed by atoms with van der Waals surface area (Å²) in [5, 5.41) is 15.1. The lowest BCUT2D eigenvalue weighted by Gasteiger charge is -2.14. The van der Waals surface area contributed by atoms with Crippen molar-refractivity contribution in [3.63, 3.8) is 0 Å². The number of benzene rings is 1. The van der Waals surface area contributed by atoms with Crippen LogP contribution in [0, 0.1) is 10.1 Å². The predicted octanol–water partition coefficient (Wildman–Crippen LogP) is 2.10. The van der Waals surface area contributed by atoms with Crippen molar-refractivity contribution in [1.29, 1.82) is 0 Å². The average Bonchev–Trinajstić information content (AvgIpc) is 2.67. The van der Waals surface area contributed by atoms with Crippen molar-refractivity contribution in [3.8, 4) is 5.75 Å². The Balaban J connectivity index is 2.22. The standard InChI is InChI=1S/C13H16N2O5S/c1-9(2)20-13-7-10(3-4-12(13)15(16)17)14-11-5-6-21(18,19)8-11/h3-7,9,11,14H,8H2,1-2H3. The van der Waals surface area contributed by atoms with Gasteiger partial charge in [-0.05, 0) is 19.9 Å². The summed E-state index contributed by atoms with van der Waals surface area (Å²) in [5.41, 5.74) is 0.451. The maximum Gasteiger partial charge on any atom is 0.311 e. The zero-order chi connectivity index (χ0) is 15.6. The molecule has 1 aromatic carbocycles. The second kappa shape index (κ2) is 5.72. The highest BCUT2D eigenvalue weighted by atomic mass is 32.2. The van der Waals surface area contributed by atoms with E-state index in [0.717, 1.165) is 0 Å². The number of nitro groups is 1. The first-order valence-corrected chi connectivity index (χ1v) is 8.11. The van der Waals surface area contributed by atoms with Gasteiger partial charge in [0.15, 0.2) is 15.6 Å². The van der Waals surface area contributed by atoms with Gasteiger partial charge in [-0.2, -0.15) is 0 Å². The first-order valence-electron chi connectivity index (χ1n) is 6.39. The fourth-order valence-corrected chi connectivity index (χ4v) is 3.22. The van der Waals surface area contributed by atoms with Gasteiger partial charge in [0, 0.05) is 23.2 Å². The van der Waals surface area contributed by atoms with Crippen LogP contribution < -0.4 is 10.1 Å². The van der Waals surface area contributed by atoms with E-state index in [2.05, 4.69) is 5.32 Å². The molecule has 7 nitrogen and oxygen atoms in total. The van der Waals surface area contributed by atoms with Crippen molar-refractivity contribution in [2.75, 3.05) is 11.1 Å². The lowest BCUT2D eigenvalue weighted by atomic mass is 10.2. The van der Waals surface area contributed by atoms with Crippen LogP contribution in [0.25, 0.3) is 0 Å². The first-order chi connectivity index (χ1) is 9.77. The van der Waals surface area contributed by atoms with Gasteiger partial charge in [-0.3, -0.25) is 10.1 Å². The Bertz CT molecular complexity index is 682. The molecule has 0 amide bonds. The molecule has 1 N–H and O–H groups in total. The van der Waals surface area contributed by atoms with Crippen LogP contribution in [0.4, 0.5) is 11.4 Å². The molecule has 0 bridgehead atoms. The summed E-state index contributed by atoms with van der Waals surface area (Å²) in [6.45, 7) is 3.55. The summed E-state index contributed by atoms with van der Waals surface area (Å²) in [4.78, 5) is 10.4. The van der Waals surface area contributed by atoms with Gasteiger partial charge < -0.3 is 10.1 Å². The minimum atomic E-state index is -3.15. The average molecular weight is 312 g/mol. The van der Waals surface area contributed by atoms with E-state index in [4.69, 9.17) is 4.74 Å². The molecule has 0 spiro atoms. The second-order valence-corrected chi connectivity index (χ2v) is 6.95. The molecule has 1 heterocycles.